The lowest BCUT2D eigenvalue weighted by molar-refractivity contribution is 0.00578. The molecule has 6 heterocycles. The Morgan fingerprint density at radius 3 is 1.36 bits per heavy atom. The van der Waals surface area contributed by atoms with Crippen LogP contribution in [0, 0.1) is 0 Å². The third kappa shape index (κ3) is 7.31. The molecule has 10 aromatic carbocycles. The first kappa shape index (κ1) is 47.1. The van der Waals surface area contributed by atoms with Crippen LogP contribution in [-0.2, 0) is 18.6 Å². The average Bonchev–Trinajstić information content (AvgIpc) is 4.27. The first-order valence-corrected chi connectivity index (χ1v) is 26.9. The van der Waals surface area contributed by atoms with Crippen molar-refractivity contribution < 1.29 is 36.3 Å². The second-order valence-electron chi connectivity index (χ2n) is 23.3. The lowest BCUT2D eigenvalue weighted by Gasteiger charge is -2.32. The van der Waals surface area contributed by atoms with Gasteiger partial charge in [0.1, 0.15) is 44.7 Å². The van der Waals surface area contributed by atoms with Crippen LogP contribution < -0.4 is 10.9 Å². The molecule has 78 heavy (non-hydrogen) atoms. The fourth-order valence-electron chi connectivity index (χ4n) is 11.6. The minimum absolute atomic E-state index is 0.385. The summed E-state index contributed by atoms with van der Waals surface area (Å²) in [5.41, 5.74) is 11.6. The van der Waals surface area contributed by atoms with E-state index in [0.29, 0.717) is 0 Å². The maximum atomic E-state index is 6.52. The van der Waals surface area contributed by atoms with E-state index in [-0.39, 0.29) is 11.2 Å². The highest BCUT2D eigenvalue weighted by Crippen LogP contribution is 2.43. The van der Waals surface area contributed by atoms with Crippen molar-refractivity contribution in [3.63, 3.8) is 0 Å². The Balaban J connectivity index is 0.000000136. The van der Waals surface area contributed by atoms with Gasteiger partial charge in [-0.3, -0.25) is 0 Å². The zero-order valence-corrected chi connectivity index (χ0v) is 44.7. The summed E-state index contributed by atoms with van der Waals surface area (Å²) >= 11 is 0. The van der Waals surface area contributed by atoms with Crippen LogP contribution in [0.15, 0.2) is 200 Å². The SMILES string of the molecule is CC1(C)OB(c2ccc3c(c2)oc2ccc(-c4ccc5oc6cc7ccccc7cc6c5c4)cc23)OC1(C)C.CC1(C)OB(c2cccc3oc4c(-c5ccc6c(c5)oc5cc7ccccc7cc56)cccc4c23)OC1(C)C. The van der Waals surface area contributed by atoms with E-state index >= 15 is 0 Å². The predicted octanol–water partition coefficient (Wildman–Crippen LogP) is 17.2. The van der Waals surface area contributed by atoms with Crippen molar-refractivity contribution in [3.05, 3.63) is 182 Å². The van der Waals surface area contributed by atoms with Gasteiger partial charge in [-0.25, -0.2) is 0 Å². The molecule has 0 aliphatic carbocycles. The molecule has 16 rings (SSSR count). The van der Waals surface area contributed by atoms with Crippen molar-refractivity contribution in [2.45, 2.75) is 77.8 Å². The molecule has 0 unspecified atom stereocenters. The van der Waals surface area contributed by atoms with Crippen molar-refractivity contribution in [1.29, 1.82) is 0 Å². The molecule has 14 aromatic rings. The van der Waals surface area contributed by atoms with Crippen LogP contribution in [0.2, 0.25) is 0 Å². The summed E-state index contributed by atoms with van der Waals surface area (Å²) in [6.45, 7) is 16.6. The van der Waals surface area contributed by atoms with E-state index in [0.717, 1.165) is 121 Å². The monoisotopic (exact) mass is 1020 g/mol. The van der Waals surface area contributed by atoms with Crippen LogP contribution in [0.3, 0.4) is 0 Å². The smallest absolute Gasteiger partial charge is 0.456 e. The highest BCUT2D eigenvalue weighted by Gasteiger charge is 2.53. The van der Waals surface area contributed by atoms with Gasteiger partial charge in [0.2, 0.25) is 0 Å². The van der Waals surface area contributed by atoms with E-state index in [1.54, 1.807) is 0 Å². The van der Waals surface area contributed by atoms with Gasteiger partial charge in [0.15, 0.2) is 0 Å². The summed E-state index contributed by atoms with van der Waals surface area (Å²) in [6, 6.07) is 63.4. The molecule has 0 bridgehead atoms. The molecule has 8 nitrogen and oxygen atoms in total. The van der Waals surface area contributed by atoms with Crippen molar-refractivity contribution in [1.82, 2.24) is 0 Å². The molecule has 380 valence electrons. The van der Waals surface area contributed by atoms with Gasteiger partial charge in [0.05, 0.1) is 22.4 Å². The molecular weight excluding hydrogens is 966 g/mol. The van der Waals surface area contributed by atoms with Gasteiger partial charge in [-0.05, 0) is 177 Å². The fraction of sp³-hybridized carbons (Fsp3) is 0.176. The number of para-hydroxylation sites is 1. The molecule has 10 heteroatoms. The van der Waals surface area contributed by atoms with Gasteiger partial charge in [-0.2, -0.15) is 0 Å². The summed E-state index contributed by atoms with van der Waals surface area (Å²) in [4.78, 5) is 0. The van der Waals surface area contributed by atoms with Gasteiger partial charge in [-0.15, -0.1) is 0 Å². The Morgan fingerprint density at radius 1 is 0.295 bits per heavy atom. The molecule has 0 amide bonds. The predicted molar refractivity (Wildman–Crippen MR) is 319 cm³/mol. The third-order valence-corrected chi connectivity index (χ3v) is 17.4. The molecule has 0 atom stereocenters. The summed E-state index contributed by atoms with van der Waals surface area (Å²) in [7, 11) is -0.887. The lowest BCUT2D eigenvalue weighted by atomic mass is 9.76. The largest absolute Gasteiger partial charge is 0.495 e. The van der Waals surface area contributed by atoms with Gasteiger partial charge in [-0.1, -0.05) is 109 Å². The van der Waals surface area contributed by atoms with Crippen LogP contribution in [0.25, 0.3) is 132 Å². The van der Waals surface area contributed by atoms with Crippen molar-refractivity contribution in [2.75, 3.05) is 0 Å². The average molecular weight is 1020 g/mol. The molecule has 0 spiro atoms. The van der Waals surface area contributed by atoms with Crippen molar-refractivity contribution in [2.24, 2.45) is 0 Å². The molecule has 0 radical (unpaired) electrons. The maximum Gasteiger partial charge on any atom is 0.495 e. The highest BCUT2D eigenvalue weighted by molar-refractivity contribution is 6.66. The minimum atomic E-state index is -0.467. The van der Waals surface area contributed by atoms with Gasteiger partial charge in [0.25, 0.3) is 0 Å². The summed E-state index contributed by atoms with van der Waals surface area (Å²) in [5.74, 6) is 0. The molecule has 0 saturated carbocycles. The quantitative estimate of drug-likeness (QED) is 0.161. The molecule has 2 aliphatic heterocycles. The normalized spacial score (nSPS) is 16.9. The lowest BCUT2D eigenvalue weighted by Crippen LogP contribution is -2.41. The van der Waals surface area contributed by atoms with Crippen LogP contribution in [0.1, 0.15) is 55.4 Å². The Kier molecular flexibility index (Phi) is 10.1. The van der Waals surface area contributed by atoms with E-state index in [1.807, 2.05) is 18.2 Å². The zero-order valence-electron chi connectivity index (χ0n) is 44.7. The zero-order chi connectivity index (χ0) is 53.0. The standard InChI is InChI=1S/2C34H27BO4/c1-33(2)34(3,4)39-35(38-33)27-13-8-14-28-31(27)25-12-7-11-23(32(25)37-28)22-15-16-24-26-17-20-9-5-6-10-21(20)18-30(26)36-29(24)19-22;1-33(2)34(3,4)39-35(38-33)24-11-12-25-26-16-22(9-13-29(26)37-32(25)19-24)23-10-14-30-27(17-23)28-15-20-7-5-6-8-21(20)18-31(28)36-30/h2*5-19H,1-4H3. The second kappa shape index (κ2) is 16.7. The van der Waals surface area contributed by atoms with Crippen molar-refractivity contribution in [3.8, 4) is 22.3 Å². The number of furan rings is 4. The van der Waals surface area contributed by atoms with E-state index in [4.69, 9.17) is 36.3 Å². The number of hydrogen-bond acceptors (Lipinski definition) is 8. The molecular formula is C68H54B2O8. The van der Waals surface area contributed by atoms with E-state index in [1.165, 1.54) is 21.5 Å². The molecule has 2 aliphatic rings. The Bertz CT molecular complexity index is 4770. The first-order chi connectivity index (χ1) is 37.5. The van der Waals surface area contributed by atoms with Gasteiger partial charge < -0.3 is 36.3 Å². The van der Waals surface area contributed by atoms with E-state index in [9.17, 15) is 0 Å². The maximum absolute atomic E-state index is 6.52. The number of hydrogen-bond donors (Lipinski definition) is 0. The second-order valence-corrected chi connectivity index (χ2v) is 23.3. The fourth-order valence-corrected chi connectivity index (χ4v) is 11.6. The summed E-state index contributed by atoms with van der Waals surface area (Å²) < 4.78 is 50.7. The molecule has 2 saturated heterocycles. The van der Waals surface area contributed by atoms with E-state index < -0.39 is 25.4 Å². The van der Waals surface area contributed by atoms with Crippen LogP contribution >= 0.6 is 0 Å². The first-order valence-electron chi connectivity index (χ1n) is 26.9. The summed E-state index contributed by atoms with van der Waals surface area (Å²) in [5, 5.41) is 13.5. The molecule has 2 fully saturated rings. The van der Waals surface area contributed by atoms with Crippen LogP contribution in [-0.4, -0.2) is 36.6 Å². The van der Waals surface area contributed by atoms with Crippen molar-refractivity contribution >= 4 is 134 Å². The van der Waals surface area contributed by atoms with E-state index in [2.05, 4.69) is 219 Å². The van der Waals surface area contributed by atoms with Gasteiger partial charge >= 0.3 is 14.2 Å². The highest BCUT2D eigenvalue weighted by atomic mass is 16.7. The minimum Gasteiger partial charge on any atom is -0.456 e. The van der Waals surface area contributed by atoms with Gasteiger partial charge in [0, 0.05) is 48.7 Å². The topological polar surface area (TPSA) is 89.5 Å². The summed E-state index contributed by atoms with van der Waals surface area (Å²) in [6.07, 6.45) is 0. The Hall–Kier alpha value is -8.11. The Labute approximate surface area is 450 Å². The Morgan fingerprint density at radius 2 is 0.756 bits per heavy atom. The third-order valence-electron chi connectivity index (χ3n) is 17.4. The number of benzene rings is 10. The van der Waals surface area contributed by atoms with Crippen LogP contribution in [0.4, 0.5) is 0 Å². The number of fused-ring (bicyclic) bond motifs is 14. The number of rotatable bonds is 4. The molecule has 0 N–H and O–H groups in total. The van der Waals surface area contributed by atoms with Crippen LogP contribution in [0.5, 0.6) is 0 Å². The molecule has 4 aromatic heterocycles.